The van der Waals surface area contributed by atoms with E-state index in [1.165, 1.54) is 102 Å². The van der Waals surface area contributed by atoms with Gasteiger partial charge >= 0.3 is 0 Å². The summed E-state index contributed by atoms with van der Waals surface area (Å²) in [7, 11) is 0. The molecule has 0 heterocycles. The Morgan fingerprint density at radius 2 is 1.06 bits per heavy atom. The minimum absolute atomic E-state index is 0.884. The third-order valence-corrected chi connectivity index (χ3v) is 7.11. The molecule has 0 radical (unpaired) electrons. The van der Waals surface area contributed by atoms with E-state index < -0.39 is 0 Å². The van der Waals surface area contributed by atoms with E-state index in [-0.39, 0.29) is 0 Å². The largest absolute Gasteiger partial charge is 0.100 e. The van der Waals surface area contributed by atoms with Gasteiger partial charge in [0.15, 0.2) is 0 Å². The first-order chi connectivity index (χ1) is 23.6. The molecule has 50 heavy (non-hydrogen) atoms. The van der Waals surface area contributed by atoms with E-state index in [1.807, 2.05) is 46.8 Å². The molecule has 0 atom stereocenters. The number of benzene rings is 2. The number of hydrogen-bond acceptors (Lipinski definition) is 0. The molecule has 0 aromatic heterocycles. The van der Waals surface area contributed by atoms with Crippen LogP contribution < -0.4 is 0 Å². The molecule has 0 unspecified atom stereocenters. The van der Waals surface area contributed by atoms with Crippen LogP contribution in [-0.2, 0) is 0 Å². The van der Waals surface area contributed by atoms with Gasteiger partial charge in [-0.3, -0.25) is 0 Å². The Hall–Kier alpha value is -3.12. The molecule has 0 spiro atoms. The molecule has 0 amide bonds. The maximum Gasteiger partial charge on any atom is -0.0184 e. The highest BCUT2D eigenvalue weighted by Crippen LogP contribution is 2.22. The zero-order valence-electron chi connectivity index (χ0n) is 36.6. The smallest absolute Gasteiger partial charge is 0.0184 e. The van der Waals surface area contributed by atoms with Gasteiger partial charge in [0.05, 0.1) is 0 Å². The second kappa shape index (κ2) is 42.0. The highest BCUT2D eigenvalue weighted by Gasteiger charge is 1.98. The van der Waals surface area contributed by atoms with Gasteiger partial charge in [0.25, 0.3) is 0 Å². The fourth-order valence-corrected chi connectivity index (χ4v) is 3.56. The Morgan fingerprint density at radius 1 is 0.640 bits per heavy atom. The zero-order chi connectivity index (χ0) is 39.9. The van der Waals surface area contributed by atoms with Crippen LogP contribution in [0.4, 0.5) is 0 Å². The minimum atomic E-state index is 0.884. The molecule has 0 heteroatoms. The van der Waals surface area contributed by atoms with Crippen molar-refractivity contribution in [3.63, 3.8) is 0 Å². The van der Waals surface area contributed by atoms with Crippen molar-refractivity contribution in [1.29, 1.82) is 0 Å². The lowest BCUT2D eigenvalue weighted by atomic mass is 10.0. The van der Waals surface area contributed by atoms with Crippen molar-refractivity contribution in [2.75, 3.05) is 0 Å². The Morgan fingerprint density at radius 3 is 1.34 bits per heavy atom. The number of allylic oxidation sites excluding steroid dienone is 8. The fourth-order valence-electron chi connectivity index (χ4n) is 3.56. The Kier molecular flexibility index (Phi) is 47.3. The normalized spacial score (nSPS) is 9.34. The topological polar surface area (TPSA) is 0 Å². The van der Waals surface area contributed by atoms with Crippen LogP contribution in [0.5, 0.6) is 0 Å². The first-order valence-corrected chi connectivity index (χ1v) is 19.6. The molecule has 0 aliphatic heterocycles. The molecule has 2 aromatic carbocycles. The lowest BCUT2D eigenvalue weighted by Gasteiger charge is -2.04. The maximum absolute atomic E-state index is 3.87. The fraction of sp³-hybridized carbons (Fsp3) is 0.520. The van der Waals surface area contributed by atoms with Crippen LogP contribution in [-0.4, -0.2) is 0 Å². The Bertz CT molecular complexity index is 1110. The van der Waals surface area contributed by atoms with E-state index in [4.69, 9.17) is 0 Å². The van der Waals surface area contributed by atoms with E-state index in [1.54, 1.807) is 0 Å². The summed E-state index contributed by atoms with van der Waals surface area (Å²) in [6, 6.07) is 19.2. The van der Waals surface area contributed by atoms with Crippen molar-refractivity contribution in [3.8, 4) is 11.1 Å². The van der Waals surface area contributed by atoms with Gasteiger partial charge in [-0.1, -0.05) is 203 Å². The SMILES string of the molecule is C/C=C(\C)c1ccc(-c2ccccc2)cc1.C=C(C)C.C=C(C)CCCCCCC.C=CC(C(=C)C)=C(C)C.CC.CCC(C)C.CCCC. The Balaban J connectivity index is -0.000000174. The molecule has 0 fully saturated rings. The molecule has 0 aliphatic carbocycles. The third kappa shape index (κ3) is 42.9. The summed E-state index contributed by atoms with van der Waals surface area (Å²) < 4.78 is 0. The zero-order valence-corrected chi connectivity index (χ0v) is 36.6. The number of hydrogen-bond donors (Lipinski definition) is 0. The molecular formula is C50H86. The van der Waals surface area contributed by atoms with E-state index in [0.717, 1.165) is 11.5 Å². The standard InChI is InChI=1S/C16H16.C10H20.C9H14.C5H12.C4H8.C4H10.C2H6/c1-3-13(2)14-9-11-16(12-10-14)15-7-5-4-6-8-15;1-4-5-6-7-8-9-10(2)3;1-6-9(7(2)3)8(4)5;1-4-5(2)3;1-4(2)3;1-3-4-2;1-2/h3-12H,1-2H3;2,4-9H2,1,3H3;6H,1-2H2,3-5H3;5H,4H2,1-3H3;1H2,2-3H3;3-4H2,1-2H3;1-2H3/b13-3+;;;;;;. The first-order valence-electron chi connectivity index (χ1n) is 19.6. The third-order valence-electron chi connectivity index (χ3n) is 7.11. The van der Waals surface area contributed by atoms with Crippen molar-refractivity contribution >= 4 is 5.57 Å². The van der Waals surface area contributed by atoms with Gasteiger partial charge < -0.3 is 0 Å². The van der Waals surface area contributed by atoms with Gasteiger partial charge in [0.2, 0.25) is 0 Å². The molecule has 0 saturated carbocycles. The molecule has 286 valence electrons. The second-order valence-corrected chi connectivity index (χ2v) is 13.4. The first kappa shape index (κ1) is 56.3. The van der Waals surface area contributed by atoms with Gasteiger partial charge in [0.1, 0.15) is 0 Å². The van der Waals surface area contributed by atoms with E-state index in [9.17, 15) is 0 Å². The second-order valence-electron chi connectivity index (χ2n) is 13.4. The highest BCUT2D eigenvalue weighted by atomic mass is 14.0. The average Bonchev–Trinajstić information content (AvgIpc) is 3.09. The van der Waals surface area contributed by atoms with Gasteiger partial charge in [0, 0.05) is 0 Å². The van der Waals surface area contributed by atoms with Gasteiger partial charge in [-0.2, -0.15) is 0 Å². The van der Waals surface area contributed by atoms with Gasteiger partial charge in [-0.15, -0.1) is 13.2 Å². The Labute approximate surface area is 316 Å². The van der Waals surface area contributed by atoms with Gasteiger partial charge in [-0.05, 0) is 102 Å². The number of unbranched alkanes of at least 4 members (excludes halogenated alkanes) is 5. The molecule has 0 bridgehead atoms. The van der Waals surface area contributed by atoms with Crippen LogP contribution >= 0.6 is 0 Å². The lowest BCUT2D eigenvalue weighted by molar-refractivity contribution is 0.626. The van der Waals surface area contributed by atoms with Crippen molar-refractivity contribution in [2.24, 2.45) is 5.92 Å². The summed E-state index contributed by atoms with van der Waals surface area (Å²) in [6.45, 7) is 48.6. The summed E-state index contributed by atoms with van der Waals surface area (Å²) in [4.78, 5) is 0. The van der Waals surface area contributed by atoms with Crippen LogP contribution in [0.25, 0.3) is 16.7 Å². The maximum atomic E-state index is 3.87. The van der Waals surface area contributed by atoms with Crippen LogP contribution in [0.1, 0.15) is 174 Å². The molecule has 0 N–H and O–H groups in total. The van der Waals surface area contributed by atoms with E-state index >= 15 is 0 Å². The van der Waals surface area contributed by atoms with E-state index in [2.05, 4.69) is 157 Å². The summed E-state index contributed by atoms with van der Waals surface area (Å²) in [5, 5.41) is 0. The van der Waals surface area contributed by atoms with Crippen LogP contribution in [0.15, 0.2) is 121 Å². The summed E-state index contributed by atoms with van der Waals surface area (Å²) in [5.74, 6) is 0.884. The average molecular weight is 687 g/mol. The molecule has 2 aromatic rings. The van der Waals surface area contributed by atoms with E-state index in [0.29, 0.717) is 0 Å². The molecule has 0 saturated heterocycles. The quantitative estimate of drug-likeness (QED) is 0.118. The molecule has 0 nitrogen and oxygen atoms in total. The minimum Gasteiger partial charge on any atom is -0.100 e. The molecule has 2 rings (SSSR count). The van der Waals surface area contributed by atoms with Crippen LogP contribution in [0, 0.1) is 5.92 Å². The van der Waals surface area contributed by atoms with Crippen molar-refractivity contribution in [2.45, 2.75) is 169 Å². The monoisotopic (exact) mass is 687 g/mol. The summed E-state index contributed by atoms with van der Waals surface area (Å²) in [6.07, 6.45) is 16.0. The van der Waals surface area contributed by atoms with Gasteiger partial charge in [-0.25, -0.2) is 0 Å². The molecular weight excluding hydrogens is 601 g/mol. The van der Waals surface area contributed by atoms with Crippen molar-refractivity contribution < 1.29 is 0 Å². The van der Waals surface area contributed by atoms with Crippen LogP contribution in [0.3, 0.4) is 0 Å². The predicted octanol–water partition coefficient (Wildman–Crippen LogP) is 18.3. The van der Waals surface area contributed by atoms with Crippen molar-refractivity contribution in [3.05, 3.63) is 126 Å². The molecule has 0 aliphatic rings. The lowest BCUT2D eigenvalue weighted by Crippen LogP contribution is -1.80. The predicted molar refractivity (Wildman–Crippen MR) is 240 cm³/mol. The summed E-state index contributed by atoms with van der Waals surface area (Å²) >= 11 is 0. The van der Waals surface area contributed by atoms with Crippen LogP contribution in [0.2, 0.25) is 0 Å². The number of rotatable bonds is 12. The highest BCUT2D eigenvalue weighted by molar-refractivity contribution is 5.69. The summed E-state index contributed by atoms with van der Waals surface area (Å²) in [5.41, 5.74) is 11.2. The van der Waals surface area contributed by atoms with Crippen molar-refractivity contribution in [1.82, 2.24) is 0 Å².